The molecule has 1 radical (unpaired) electrons. The van der Waals surface area contributed by atoms with Gasteiger partial charge in [-0.3, -0.25) is 9.59 Å². The maximum atomic E-state index is 12.4. The van der Waals surface area contributed by atoms with Crippen molar-refractivity contribution < 1.29 is 23.9 Å². The van der Waals surface area contributed by atoms with Crippen molar-refractivity contribution in [1.29, 1.82) is 0 Å². The number of carbonyl (C=O) groups is 3. The van der Waals surface area contributed by atoms with Gasteiger partial charge < -0.3 is 9.52 Å². The van der Waals surface area contributed by atoms with E-state index in [-0.39, 0.29) is 46.4 Å². The van der Waals surface area contributed by atoms with Gasteiger partial charge in [0.05, 0.1) is 11.6 Å². The Kier molecular flexibility index (Phi) is 3.72. The second kappa shape index (κ2) is 5.45. The number of Topliss-reactive ketones (excluding diaryl/α,β-unsaturated/α-hetero) is 2. The van der Waals surface area contributed by atoms with Crippen molar-refractivity contribution in [3.63, 3.8) is 0 Å². The van der Waals surface area contributed by atoms with Crippen molar-refractivity contribution in [2.75, 3.05) is 0 Å². The average Bonchev–Trinajstić information content (AvgIpc) is 2.97. The topological polar surface area (TPSA) is 84.6 Å². The molecule has 0 saturated carbocycles. The SMILES string of the molecule is O=C(O)c1[c]c2c(o1)-c1ccc3ccccc3c1C(=O)C2=O.[NaH]. The second-order valence-corrected chi connectivity index (χ2v) is 4.93. The van der Waals surface area contributed by atoms with Crippen LogP contribution in [-0.4, -0.2) is 52.2 Å². The van der Waals surface area contributed by atoms with Crippen molar-refractivity contribution in [3.8, 4) is 11.3 Å². The number of aromatic carboxylic acids is 1. The summed E-state index contributed by atoms with van der Waals surface area (Å²) in [6.07, 6.45) is 0. The molecular formula is C17H8NaO5. The van der Waals surface area contributed by atoms with Gasteiger partial charge in [0.2, 0.25) is 17.3 Å². The van der Waals surface area contributed by atoms with E-state index >= 15 is 0 Å². The van der Waals surface area contributed by atoms with Gasteiger partial charge in [0, 0.05) is 11.1 Å². The molecule has 1 aliphatic rings. The predicted molar refractivity (Wildman–Crippen MR) is 83.3 cm³/mol. The summed E-state index contributed by atoms with van der Waals surface area (Å²) in [5.41, 5.74) is 0.544. The van der Waals surface area contributed by atoms with E-state index in [1.807, 2.05) is 12.1 Å². The van der Waals surface area contributed by atoms with E-state index in [9.17, 15) is 14.4 Å². The third kappa shape index (κ3) is 2.16. The van der Waals surface area contributed by atoms with Crippen molar-refractivity contribution in [3.05, 3.63) is 59.4 Å². The molecule has 1 aliphatic carbocycles. The molecule has 3 aromatic rings. The van der Waals surface area contributed by atoms with Crippen molar-refractivity contribution in [1.82, 2.24) is 0 Å². The molecule has 107 valence electrons. The molecule has 0 amide bonds. The number of rotatable bonds is 1. The van der Waals surface area contributed by atoms with Crippen LogP contribution in [0.2, 0.25) is 0 Å². The minimum atomic E-state index is -1.34. The van der Waals surface area contributed by atoms with Gasteiger partial charge in [0.15, 0.2) is 0 Å². The molecule has 0 bridgehead atoms. The molecule has 0 fully saturated rings. The van der Waals surface area contributed by atoms with Crippen LogP contribution in [0.1, 0.15) is 31.3 Å². The number of carboxylic acids is 1. The van der Waals surface area contributed by atoms with Crippen LogP contribution in [0.5, 0.6) is 0 Å². The molecule has 1 heterocycles. The average molecular weight is 315 g/mol. The number of hydrogen-bond donors (Lipinski definition) is 1. The Bertz CT molecular complexity index is 999. The Morgan fingerprint density at radius 2 is 1.78 bits per heavy atom. The quantitative estimate of drug-likeness (QED) is 0.550. The summed E-state index contributed by atoms with van der Waals surface area (Å²) in [5, 5.41) is 10.4. The van der Waals surface area contributed by atoms with Gasteiger partial charge in [-0.2, -0.15) is 0 Å². The number of ketones is 2. The molecule has 2 aromatic carbocycles. The van der Waals surface area contributed by atoms with Crippen LogP contribution < -0.4 is 0 Å². The molecule has 1 aromatic heterocycles. The Hall–Kier alpha value is -2.21. The first-order valence-corrected chi connectivity index (χ1v) is 6.48. The van der Waals surface area contributed by atoms with Gasteiger partial charge in [0.1, 0.15) is 5.76 Å². The van der Waals surface area contributed by atoms with Crippen LogP contribution in [0.4, 0.5) is 0 Å². The fourth-order valence-corrected chi connectivity index (χ4v) is 2.73. The summed E-state index contributed by atoms with van der Waals surface area (Å²) in [6, 6.07) is 13.0. The standard InChI is InChI=1S/C17H7O5.Na.H/c18-14-11-7-12(17(20)21)22-16(11)10-6-5-8-3-1-2-4-9(8)13(10)15(14)19;;/h1-6H,(H,20,21);;. The summed E-state index contributed by atoms with van der Waals surface area (Å²) in [7, 11) is 0. The number of carboxylic acid groups (broad SMARTS) is 1. The Morgan fingerprint density at radius 3 is 2.52 bits per heavy atom. The molecule has 0 spiro atoms. The zero-order valence-corrected chi connectivity index (χ0v) is 11.0. The van der Waals surface area contributed by atoms with Gasteiger partial charge in [-0.05, 0) is 16.8 Å². The summed E-state index contributed by atoms with van der Waals surface area (Å²) < 4.78 is 5.23. The van der Waals surface area contributed by atoms with Crippen LogP contribution in [0.15, 0.2) is 40.8 Å². The molecule has 0 unspecified atom stereocenters. The molecule has 23 heavy (non-hydrogen) atoms. The Labute approximate surface area is 152 Å². The van der Waals surface area contributed by atoms with Gasteiger partial charge >= 0.3 is 35.5 Å². The third-order valence-corrected chi connectivity index (χ3v) is 3.70. The van der Waals surface area contributed by atoms with E-state index in [0.717, 1.165) is 5.39 Å². The summed E-state index contributed by atoms with van der Waals surface area (Å²) in [6.45, 7) is 0. The first-order valence-electron chi connectivity index (χ1n) is 6.48. The van der Waals surface area contributed by atoms with E-state index in [1.54, 1.807) is 24.3 Å². The molecule has 6 heteroatoms. The number of hydrogen-bond acceptors (Lipinski definition) is 4. The molecule has 1 N–H and O–H groups in total. The van der Waals surface area contributed by atoms with Crippen LogP contribution >= 0.6 is 0 Å². The van der Waals surface area contributed by atoms with Gasteiger partial charge in [-0.1, -0.05) is 30.3 Å². The zero-order chi connectivity index (χ0) is 15.4. The third-order valence-electron chi connectivity index (χ3n) is 3.70. The minimum absolute atomic E-state index is 0. The fourth-order valence-electron chi connectivity index (χ4n) is 2.73. The van der Waals surface area contributed by atoms with Gasteiger partial charge in [-0.25, -0.2) is 4.79 Å². The molecule has 0 saturated heterocycles. The monoisotopic (exact) mass is 315 g/mol. The molecule has 4 rings (SSSR count). The maximum absolute atomic E-state index is 12.4. The van der Waals surface area contributed by atoms with E-state index < -0.39 is 23.3 Å². The number of carbonyl (C=O) groups excluding carboxylic acids is 2. The second-order valence-electron chi connectivity index (χ2n) is 4.93. The molecular weight excluding hydrogens is 307 g/mol. The normalized spacial score (nSPS) is 12.5. The first kappa shape index (κ1) is 15.7. The van der Waals surface area contributed by atoms with Crippen LogP contribution in [0.25, 0.3) is 22.1 Å². The van der Waals surface area contributed by atoms with Gasteiger partial charge in [0.25, 0.3) is 0 Å². The number of furan rings is 1. The predicted octanol–water partition coefficient (Wildman–Crippen LogP) is 2.33. The van der Waals surface area contributed by atoms with Crippen molar-refractivity contribution >= 4 is 57.9 Å². The summed E-state index contributed by atoms with van der Waals surface area (Å²) in [5.74, 6) is -3.20. The first-order chi connectivity index (χ1) is 10.6. The van der Waals surface area contributed by atoms with Crippen LogP contribution in [0, 0.1) is 6.07 Å². The molecule has 0 aliphatic heterocycles. The van der Waals surface area contributed by atoms with Gasteiger partial charge in [-0.15, -0.1) is 0 Å². The number of fused-ring (bicyclic) bond motifs is 5. The molecule has 0 atom stereocenters. The van der Waals surface area contributed by atoms with Crippen molar-refractivity contribution in [2.45, 2.75) is 0 Å². The van der Waals surface area contributed by atoms with Crippen molar-refractivity contribution in [2.24, 2.45) is 0 Å². The Morgan fingerprint density at radius 1 is 1.04 bits per heavy atom. The number of benzene rings is 2. The summed E-state index contributed by atoms with van der Waals surface area (Å²) >= 11 is 0. The van der Waals surface area contributed by atoms with E-state index in [4.69, 9.17) is 9.52 Å². The molecule has 5 nitrogen and oxygen atoms in total. The van der Waals surface area contributed by atoms with E-state index in [2.05, 4.69) is 6.07 Å². The zero-order valence-electron chi connectivity index (χ0n) is 11.0. The van der Waals surface area contributed by atoms with E-state index in [1.165, 1.54) is 0 Å². The Balaban J connectivity index is 0.00000156. The fraction of sp³-hybridized carbons (Fsp3) is 0. The summed E-state index contributed by atoms with van der Waals surface area (Å²) in [4.78, 5) is 35.6. The van der Waals surface area contributed by atoms with E-state index in [0.29, 0.717) is 10.9 Å². The van der Waals surface area contributed by atoms with Crippen LogP contribution in [-0.2, 0) is 0 Å². The van der Waals surface area contributed by atoms with Crippen LogP contribution in [0.3, 0.4) is 0 Å².